The first-order valence-corrected chi connectivity index (χ1v) is 10.7. The van der Waals surface area contributed by atoms with E-state index in [4.69, 9.17) is 12.2 Å². The molecular weight excluding hydrogens is 396 g/mol. The van der Waals surface area contributed by atoms with Gasteiger partial charge in [-0.2, -0.15) is 5.10 Å². The van der Waals surface area contributed by atoms with Crippen LogP contribution in [-0.4, -0.2) is 30.2 Å². The maximum absolute atomic E-state index is 12.9. The van der Waals surface area contributed by atoms with E-state index in [9.17, 15) is 9.59 Å². The smallest absolute Gasteiger partial charge is 0.262 e. The second-order valence-electron chi connectivity index (χ2n) is 6.85. The highest BCUT2D eigenvalue weighted by atomic mass is 32.1. The Morgan fingerprint density at radius 3 is 3.04 bits per heavy atom. The summed E-state index contributed by atoms with van der Waals surface area (Å²) in [6, 6.07) is 0. The van der Waals surface area contributed by atoms with E-state index in [2.05, 4.69) is 20.5 Å². The first-order chi connectivity index (χ1) is 13.6. The van der Waals surface area contributed by atoms with Crippen molar-refractivity contribution in [1.29, 1.82) is 0 Å². The van der Waals surface area contributed by atoms with Gasteiger partial charge in [0.25, 0.3) is 5.56 Å². The molecule has 0 spiro atoms. The number of thiophene rings is 1. The van der Waals surface area contributed by atoms with Gasteiger partial charge in [0.2, 0.25) is 5.91 Å². The van der Waals surface area contributed by atoms with Gasteiger partial charge >= 0.3 is 0 Å². The van der Waals surface area contributed by atoms with Crippen LogP contribution in [-0.2, 0) is 37.3 Å². The molecule has 8 nitrogen and oxygen atoms in total. The van der Waals surface area contributed by atoms with Gasteiger partial charge in [0.15, 0.2) is 10.6 Å². The molecule has 1 amide bonds. The Balaban J connectivity index is 1.44. The molecule has 1 aliphatic carbocycles. The number of amides is 1. The lowest BCUT2D eigenvalue weighted by molar-refractivity contribution is -0.121. The number of rotatable bonds is 6. The number of carbonyl (C=O) groups is 1. The lowest BCUT2D eigenvalue weighted by Crippen LogP contribution is -2.28. The SMILES string of the molecule is CCn1c(CNC(=O)CCn2cnc3sc4c(c3c2=O)CCCC4)n[nH]c1=S. The highest BCUT2D eigenvalue weighted by molar-refractivity contribution is 7.71. The molecule has 0 saturated carbocycles. The minimum atomic E-state index is -0.143. The van der Waals surface area contributed by atoms with Crippen molar-refractivity contribution < 1.29 is 4.79 Å². The molecule has 0 unspecified atom stereocenters. The standard InChI is InChI=1S/C18H22N6O2S2/c1-2-24-13(21-22-18(24)27)9-19-14(25)7-8-23-10-20-16-15(17(23)26)11-5-3-4-6-12(11)28-16/h10H,2-9H2,1H3,(H,19,25)(H,22,27). The minimum Gasteiger partial charge on any atom is -0.349 e. The Kier molecular flexibility index (Phi) is 5.40. The lowest BCUT2D eigenvalue weighted by atomic mass is 9.97. The molecule has 0 atom stereocenters. The summed E-state index contributed by atoms with van der Waals surface area (Å²) in [5.41, 5.74) is 1.13. The van der Waals surface area contributed by atoms with Crippen LogP contribution in [0.4, 0.5) is 0 Å². The predicted molar refractivity (Wildman–Crippen MR) is 110 cm³/mol. The van der Waals surface area contributed by atoms with Gasteiger partial charge in [0.1, 0.15) is 4.83 Å². The van der Waals surface area contributed by atoms with E-state index in [-0.39, 0.29) is 17.9 Å². The molecule has 0 radical (unpaired) electrons. The summed E-state index contributed by atoms with van der Waals surface area (Å²) < 4.78 is 3.92. The first-order valence-electron chi connectivity index (χ1n) is 9.49. The first kappa shape index (κ1) is 19.0. The van der Waals surface area contributed by atoms with Crippen molar-refractivity contribution in [3.63, 3.8) is 0 Å². The minimum absolute atomic E-state index is 0.0379. The molecule has 0 fully saturated rings. The van der Waals surface area contributed by atoms with Crippen molar-refractivity contribution in [3.8, 4) is 0 Å². The highest BCUT2D eigenvalue weighted by Gasteiger charge is 2.20. The third-order valence-electron chi connectivity index (χ3n) is 5.12. The molecule has 0 saturated heterocycles. The number of nitrogens with one attached hydrogen (secondary N) is 2. The quantitative estimate of drug-likeness (QED) is 0.599. The molecule has 0 bridgehead atoms. The number of aromatic nitrogens is 5. The number of carbonyl (C=O) groups excluding carboxylic acids is 1. The monoisotopic (exact) mass is 418 g/mol. The number of hydrogen-bond donors (Lipinski definition) is 2. The summed E-state index contributed by atoms with van der Waals surface area (Å²) in [6.07, 6.45) is 6.04. The second-order valence-corrected chi connectivity index (χ2v) is 8.32. The molecule has 28 heavy (non-hydrogen) atoms. The summed E-state index contributed by atoms with van der Waals surface area (Å²) in [7, 11) is 0. The number of hydrogen-bond acceptors (Lipinski definition) is 6. The van der Waals surface area contributed by atoms with Gasteiger partial charge in [0.05, 0.1) is 18.3 Å². The number of nitrogens with zero attached hydrogens (tertiary/aromatic N) is 4. The molecule has 3 aromatic heterocycles. The maximum Gasteiger partial charge on any atom is 0.262 e. The van der Waals surface area contributed by atoms with E-state index >= 15 is 0 Å². The van der Waals surface area contributed by atoms with E-state index in [0.29, 0.717) is 30.2 Å². The highest BCUT2D eigenvalue weighted by Crippen LogP contribution is 2.33. The molecule has 3 aromatic rings. The van der Waals surface area contributed by atoms with Crippen LogP contribution >= 0.6 is 23.6 Å². The topological polar surface area (TPSA) is 97.6 Å². The van der Waals surface area contributed by atoms with E-state index in [0.717, 1.165) is 29.5 Å². The van der Waals surface area contributed by atoms with Gasteiger partial charge in [-0.1, -0.05) is 0 Å². The molecule has 148 valence electrons. The van der Waals surface area contributed by atoms with Crippen LogP contribution < -0.4 is 10.9 Å². The largest absolute Gasteiger partial charge is 0.349 e. The molecule has 3 heterocycles. The van der Waals surface area contributed by atoms with Crippen LogP contribution in [0.2, 0.25) is 0 Å². The average Bonchev–Trinajstić information content (AvgIpc) is 3.25. The zero-order valence-electron chi connectivity index (χ0n) is 15.7. The van der Waals surface area contributed by atoms with E-state index in [1.165, 1.54) is 16.9 Å². The van der Waals surface area contributed by atoms with Crippen LogP contribution in [0.3, 0.4) is 0 Å². The van der Waals surface area contributed by atoms with E-state index < -0.39 is 0 Å². The number of H-pyrrole nitrogens is 1. The zero-order chi connectivity index (χ0) is 19.7. The fourth-order valence-corrected chi connectivity index (χ4v) is 5.14. The van der Waals surface area contributed by atoms with E-state index in [1.807, 2.05) is 11.5 Å². The van der Waals surface area contributed by atoms with E-state index in [1.54, 1.807) is 22.2 Å². The summed E-state index contributed by atoms with van der Waals surface area (Å²) in [5, 5.41) is 10.4. The number of fused-ring (bicyclic) bond motifs is 3. The Morgan fingerprint density at radius 2 is 2.21 bits per heavy atom. The van der Waals surface area contributed by atoms with Crippen molar-refractivity contribution >= 4 is 39.7 Å². The lowest BCUT2D eigenvalue weighted by Gasteiger charge is -2.10. The summed E-state index contributed by atoms with van der Waals surface area (Å²) in [4.78, 5) is 31.7. The van der Waals surface area contributed by atoms with Crippen molar-refractivity contribution in [3.05, 3.63) is 37.7 Å². The normalized spacial score (nSPS) is 13.6. The van der Waals surface area contributed by atoms with Crippen LogP contribution in [0.25, 0.3) is 10.2 Å². The average molecular weight is 419 g/mol. The van der Waals surface area contributed by atoms with Gasteiger partial charge in [-0.15, -0.1) is 11.3 Å². The van der Waals surface area contributed by atoms with Gasteiger partial charge in [0, 0.05) is 24.4 Å². The zero-order valence-corrected chi connectivity index (χ0v) is 17.3. The van der Waals surface area contributed by atoms with Crippen molar-refractivity contribution in [1.82, 2.24) is 29.6 Å². The Hall–Kier alpha value is -2.33. The molecular formula is C18H22N6O2S2. The second kappa shape index (κ2) is 7.96. The summed E-state index contributed by atoms with van der Waals surface area (Å²) >= 11 is 6.78. The molecule has 0 aliphatic heterocycles. The van der Waals surface area contributed by atoms with Crippen molar-refractivity contribution in [2.45, 2.75) is 58.7 Å². The van der Waals surface area contributed by atoms with Crippen LogP contribution in [0, 0.1) is 4.77 Å². The fourth-order valence-electron chi connectivity index (χ4n) is 3.64. The maximum atomic E-state index is 12.9. The van der Waals surface area contributed by atoms with Gasteiger partial charge in [-0.3, -0.25) is 19.3 Å². The van der Waals surface area contributed by atoms with Crippen molar-refractivity contribution in [2.75, 3.05) is 0 Å². The third-order valence-corrected chi connectivity index (χ3v) is 6.63. The molecule has 10 heteroatoms. The van der Waals surface area contributed by atoms with Crippen LogP contribution in [0.1, 0.15) is 42.5 Å². The molecule has 1 aliphatic rings. The van der Waals surface area contributed by atoms with Gasteiger partial charge in [-0.05, 0) is 50.4 Å². The summed E-state index contributed by atoms with van der Waals surface area (Å²) in [6.45, 7) is 3.25. The predicted octanol–water partition coefficient (Wildman–Crippen LogP) is 2.32. The Labute approximate surface area is 170 Å². The van der Waals surface area contributed by atoms with Crippen LogP contribution in [0.5, 0.6) is 0 Å². The summed E-state index contributed by atoms with van der Waals surface area (Å²) in [5.74, 6) is 0.543. The number of aryl methyl sites for hydroxylation is 3. The molecule has 2 N–H and O–H groups in total. The van der Waals surface area contributed by atoms with Gasteiger partial charge in [-0.25, -0.2) is 4.98 Å². The fraction of sp³-hybridized carbons (Fsp3) is 0.500. The Morgan fingerprint density at radius 1 is 1.39 bits per heavy atom. The van der Waals surface area contributed by atoms with Crippen LogP contribution in [0.15, 0.2) is 11.1 Å². The third kappa shape index (κ3) is 3.53. The molecule has 0 aromatic carbocycles. The molecule has 4 rings (SSSR count). The van der Waals surface area contributed by atoms with Gasteiger partial charge < -0.3 is 9.88 Å². The Bertz CT molecular complexity index is 1140. The van der Waals surface area contributed by atoms with Crippen molar-refractivity contribution in [2.24, 2.45) is 0 Å². The number of aromatic amines is 1.